The van der Waals surface area contributed by atoms with Crippen LogP contribution in [0.15, 0.2) is 60.0 Å². The predicted molar refractivity (Wildman–Crippen MR) is 104 cm³/mol. The highest BCUT2D eigenvalue weighted by Gasteiger charge is 2.23. The number of fused-ring (bicyclic) bond motifs is 1. The van der Waals surface area contributed by atoms with E-state index in [1.807, 2.05) is 58.3 Å². The molecule has 1 amide bonds. The van der Waals surface area contributed by atoms with Gasteiger partial charge in [0.15, 0.2) is 0 Å². The van der Waals surface area contributed by atoms with E-state index in [1.165, 1.54) is 10.3 Å². The highest BCUT2D eigenvalue weighted by atomic mass is 32.2. The van der Waals surface area contributed by atoms with Crippen LogP contribution in [-0.4, -0.2) is 29.6 Å². The van der Waals surface area contributed by atoms with Crippen molar-refractivity contribution in [3.05, 3.63) is 70.4 Å². The lowest BCUT2D eigenvalue weighted by atomic mass is 10.1. The number of carbonyl (C=O) groups is 1. The van der Waals surface area contributed by atoms with Gasteiger partial charge in [-0.2, -0.15) is 11.8 Å². The Bertz CT molecular complexity index is 844. The van der Waals surface area contributed by atoms with Crippen LogP contribution in [0.3, 0.4) is 0 Å². The Balaban J connectivity index is 1.51. The molecule has 1 unspecified atom stereocenters. The van der Waals surface area contributed by atoms with Gasteiger partial charge >= 0.3 is 0 Å². The highest BCUT2D eigenvalue weighted by molar-refractivity contribution is 7.99. The van der Waals surface area contributed by atoms with Crippen molar-refractivity contribution < 1.29 is 4.79 Å². The van der Waals surface area contributed by atoms with Crippen molar-refractivity contribution in [3.8, 4) is 0 Å². The summed E-state index contributed by atoms with van der Waals surface area (Å²) in [6.07, 6.45) is 1.03. The Hall–Kier alpha value is -1.78. The van der Waals surface area contributed by atoms with Crippen molar-refractivity contribution in [1.29, 1.82) is 0 Å². The topological polar surface area (TPSA) is 20.3 Å². The van der Waals surface area contributed by atoms with Gasteiger partial charge in [-0.1, -0.05) is 36.4 Å². The predicted octanol–water partition coefficient (Wildman–Crippen LogP) is 5.22. The van der Waals surface area contributed by atoms with Gasteiger partial charge in [0.1, 0.15) is 0 Å². The molecule has 1 saturated heterocycles. The van der Waals surface area contributed by atoms with E-state index in [9.17, 15) is 4.79 Å². The van der Waals surface area contributed by atoms with Crippen LogP contribution in [0.2, 0.25) is 0 Å². The molecule has 0 aliphatic carbocycles. The third-order valence-electron chi connectivity index (χ3n) is 4.49. The van der Waals surface area contributed by atoms with E-state index < -0.39 is 0 Å². The minimum absolute atomic E-state index is 0.160. The molecule has 24 heavy (non-hydrogen) atoms. The van der Waals surface area contributed by atoms with Gasteiger partial charge in [-0.25, -0.2) is 0 Å². The van der Waals surface area contributed by atoms with Crippen molar-refractivity contribution in [2.45, 2.75) is 11.7 Å². The van der Waals surface area contributed by atoms with Crippen LogP contribution >= 0.6 is 23.1 Å². The zero-order valence-electron chi connectivity index (χ0n) is 13.4. The zero-order chi connectivity index (χ0) is 16.4. The minimum Gasteiger partial charge on any atom is -0.338 e. The normalized spacial score (nSPS) is 18.5. The maximum Gasteiger partial charge on any atom is 0.253 e. The molecule has 1 aliphatic rings. The molecule has 2 aromatic carbocycles. The molecule has 1 atom stereocenters. The van der Waals surface area contributed by atoms with Crippen LogP contribution in [0.25, 0.3) is 10.8 Å². The standard InChI is InChI=1S/C20H19NOS2/c22-20(17-8-7-15-4-1-2-5-16(15)14-17)21-10-9-19(24-13-11-21)18-6-3-12-23-18/h1-8,12,14,19H,9-11,13H2. The Morgan fingerprint density at radius 1 is 1.00 bits per heavy atom. The van der Waals surface area contributed by atoms with E-state index in [4.69, 9.17) is 0 Å². The molecule has 0 bridgehead atoms. The summed E-state index contributed by atoms with van der Waals surface area (Å²) in [6.45, 7) is 1.67. The van der Waals surface area contributed by atoms with Gasteiger partial charge in [-0.3, -0.25) is 4.79 Å². The number of thiophene rings is 1. The Morgan fingerprint density at radius 2 is 1.88 bits per heavy atom. The average Bonchev–Trinajstić information content (AvgIpc) is 3.05. The number of hydrogen-bond acceptors (Lipinski definition) is 3. The summed E-state index contributed by atoms with van der Waals surface area (Å²) in [6, 6.07) is 18.5. The largest absolute Gasteiger partial charge is 0.338 e. The van der Waals surface area contributed by atoms with Crippen molar-refractivity contribution in [1.82, 2.24) is 4.90 Å². The van der Waals surface area contributed by atoms with E-state index >= 15 is 0 Å². The molecular formula is C20H19NOS2. The summed E-state index contributed by atoms with van der Waals surface area (Å²) in [4.78, 5) is 16.4. The summed E-state index contributed by atoms with van der Waals surface area (Å²) < 4.78 is 0. The van der Waals surface area contributed by atoms with Gasteiger partial charge in [-0.05, 0) is 40.8 Å². The molecule has 0 saturated carbocycles. The van der Waals surface area contributed by atoms with Gasteiger partial charge < -0.3 is 4.90 Å². The zero-order valence-corrected chi connectivity index (χ0v) is 15.0. The molecule has 3 aromatic rings. The van der Waals surface area contributed by atoms with E-state index in [-0.39, 0.29) is 5.91 Å². The number of rotatable bonds is 2. The van der Waals surface area contributed by atoms with E-state index in [1.54, 1.807) is 0 Å². The molecule has 0 radical (unpaired) electrons. The number of thioether (sulfide) groups is 1. The van der Waals surface area contributed by atoms with Gasteiger partial charge in [0.2, 0.25) is 0 Å². The van der Waals surface area contributed by atoms with Gasteiger partial charge in [0.25, 0.3) is 5.91 Å². The summed E-state index contributed by atoms with van der Waals surface area (Å²) in [7, 11) is 0. The first-order valence-electron chi connectivity index (χ1n) is 8.24. The molecular weight excluding hydrogens is 334 g/mol. The molecule has 1 aromatic heterocycles. The Labute approximate surface area is 150 Å². The third-order valence-corrected chi connectivity index (χ3v) is 6.93. The lowest BCUT2D eigenvalue weighted by Crippen LogP contribution is -2.32. The number of carbonyl (C=O) groups excluding carboxylic acids is 1. The SMILES string of the molecule is O=C(c1ccc2ccccc2c1)N1CCSC(c2cccs2)CC1. The minimum atomic E-state index is 0.160. The van der Waals surface area contributed by atoms with Crippen LogP contribution in [0.4, 0.5) is 0 Å². The van der Waals surface area contributed by atoms with Crippen molar-refractivity contribution in [2.24, 2.45) is 0 Å². The molecule has 0 spiro atoms. The van der Waals surface area contributed by atoms with Crippen molar-refractivity contribution in [3.63, 3.8) is 0 Å². The second-order valence-corrected chi connectivity index (χ2v) is 8.31. The quantitative estimate of drug-likeness (QED) is 0.629. The molecule has 4 heteroatoms. The smallest absolute Gasteiger partial charge is 0.253 e. The lowest BCUT2D eigenvalue weighted by Gasteiger charge is -2.20. The third kappa shape index (κ3) is 3.21. The van der Waals surface area contributed by atoms with Gasteiger partial charge in [0, 0.05) is 34.5 Å². The Kier molecular flexibility index (Phi) is 4.58. The summed E-state index contributed by atoms with van der Waals surface area (Å²) in [5, 5.41) is 4.97. The van der Waals surface area contributed by atoms with Crippen LogP contribution < -0.4 is 0 Å². The van der Waals surface area contributed by atoms with Crippen LogP contribution in [0.1, 0.15) is 26.9 Å². The lowest BCUT2D eigenvalue weighted by molar-refractivity contribution is 0.0767. The molecule has 1 fully saturated rings. The second-order valence-electron chi connectivity index (χ2n) is 6.02. The average molecular weight is 354 g/mol. The maximum absolute atomic E-state index is 12.9. The summed E-state index contributed by atoms with van der Waals surface area (Å²) in [5.74, 6) is 1.16. The van der Waals surface area contributed by atoms with Gasteiger partial charge in [-0.15, -0.1) is 11.3 Å². The fourth-order valence-corrected chi connectivity index (χ4v) is 5.42. The number of nitrogens with zero attached hydrogens (tertiary/aromatic N) is 1. The summed E-state index contributed by atoms with van der Waals surface area (Å²) in [5.41, 5.74) is 0.799. The second kappa shape index (κ2) is 6.99. The molecule has 2 heterocycles. The highest BCUT2D eigenvalue weighted by Crippen LogP contribution is 2.36. The number of amides is 1. The van der Waals surface area contributed by atoms with Crippen molar-refractivity contribution in [2.75, 3.05) is 18.8 Å². The maximum atomic E-state index is 12.9. The molecule has 4 rings (SSSR count). The van der Waals surface area contributed by atoms with E-state index in [2.05, 4.69) is 29.6 Å². The van der Waals surface area contributed by atoms with Crippen LogP contribution in [0, 0.1) is 0 Å². The summed E-state index contributed by atoms with van der Waals surface area (Å²) >= 11 is 3.80. The number of hydrogen-bond donors (Lipinski definition) is 0. The van der Waals surface area contributed by atoms with Crippen LogP contribution in [0.5, 0.6) is 0 Å². The fourth-order valence-electron chi connectivity index (χ4n) is 3.18. The first-order chi connectivity index (χ1) is 11.8. The molecule has 122 valence electrons. The fraction of sp³-hybridized carbons (Fsp3) is 0.250. The van der Waals surface area contributed by atoms with Crippen LogP contribution in [-0.2, 0) is 0 Å². The molecule has 2 nitrogen and oxygen atoms in total. The van der Waals surface area contributed by atoms with Crippen molar-refractivity contribution >= 4 is 39.8 Å². The van der Waals surface area contributed by atoms with E-state index in [0.29, 0.717) is 5.25 Å². The first kappa shape index (κ1) is 15.7. The Morgan fingerprint density at radius 3 is 2.71 bits per heavy atom. The van der Waals surface area contributed by atoms with E-state index in [0.717, 1.165) is 36.2 Å². The first-order valence-corrected chi connectivity index (χ1v) is 10.2. The van der Waals surface area contributed by atoms with Gasteiger partial charge in [0.05, 0.1) is 0 Å². The monoisotopic (exact) mass is 353 g/mol. The molecule has 1 aliphatic heterocycles. The number of benzene rings is 2. The molecule has 0 N–H and O–H groups in total.